The molecule has 0 aliphatic rings. The van der Waals surface area contributed by atoms with Crippen LogP contribution in [0.1, 0.15) is 16.7 Å². The van der Waals surface area contributed by atoms with Crippen molar-refractivity contribution >= 4 is 11.6 Å². The van der Waals surface area contributed by atoms with Crippen LogP contribution in [0, 0.1) is 13.8 Å². The molecule has 1 amide bonds. The standard InChI is InChI=1S/C23H28N4O2/c1-18-8-7-11-22(19(18)2)25-23(28)17-26(12-13-29-3)15-20-14-24-27(16-20)21-9-5-4-6-10-21/h4-11,14,16H,12-13,15,17H2,1-3H3,(H,25,28). The molecule has 0 bridgehead atoms. The van der Waals surface area contributed by atoms with Crippen molar-refractivity contribution < 1.29 is 9.53 Å². The Bertz CT molecular complexity index is 937. The Morgan fingerprint density at radius 1 is 1.14 bits per heavy atom. The fraction of sp³-hybridized carbons (Fsp3) is 0.304. The number of para-hydroxylation sites is 1. The van der Waals surface area contributed by atoms with Crippen molar-refractivity contribution in [3.63, 3.8) is 0 Å². The van der Waals surface area contributed by atoms with Crippen LogP contribution in [-0.4, -0.2) is 47.4 Å². The monoisotopic (exact) mass is 392 g/mol. The van der Waals surface area contributed by atoms with Crippen LogP contribution in [0.4, 0.5) is 5.69 Å². The van der Waals surface area contributed by atoms with Gasteiger partial charge >= 0.3 is 0 Å². The Hall–Kier alpha value is -2.96. The van der Waals surface area contributed by atoms with Crippen molar-refractivity contribution in [2.75, 3.05) is 32.1 Å². The third kappa shape index (κ3) is 5.76. The minimum atomic E-state index is -0.0368. The lowest BCUT2D eigenvalue weighted by molar-refractivity contribution is -0.117. The number of carbonyl (C=O) groups excluding carboxylic acids is 1. The van der Waals surface area contributed by atoms with Gasteiger partial charge in [0.25, 0.3) is 0 Å². The number of anilines is 1. The van der Waals surface area contributed by atoms with Crippen LogP contribution in [0.2, 0.25) is 0 Å². The van der Waals surface area contributed by atoms with Crippen LogP contribution in [0.15, 0.2) is 60.9 Å². The number of amides is 1. The summed E-state index contributed by atoms with van der Waals surface area (Å²) in [6.07, 6.45) is 3.84. The van der Waals surface area contributed by atoms with Crippen LogP contribution < -0.4 is 5.32 Å². The average Bonchev–Trinajstić information content (AvgIpc) is 3.19. The summed E-state index contributed by atoms with van der Waals surface area (Å²) in [6.45, 7) is 6.19. The van der Waals surface area contributed by atoms with Gasteiger partial charge in [0.1, 0.15) is 0 Å². The van der Waals surface area contributed by atoms with E-state index in [9.17, 15) is 4.79 Å². The molecular weight excluding hydrogens is 364 g/mol. The van der Waals surface area contributed by atoms with Crippen LogP contribution in [-0.2, 0) is 16.1 Å². The molecule has 0 fully saturated rings. The molecule has 3 aromatic rings. The Kier molecular flexibility index (Phi) is 7.16. The second kappa shape index (κ2) is 10.0. The maximum atomic E-state index is 12.7. The first-order valence-electron chi connectivity index (χ1n) is 9.73. The predicted molar refractivity (Wildman–Crippen MR) is 115 cm³/mol. The highest BCUT2D eigenvalue weighted by molar-refractivity contribution is 5.93. The molecule has 6 nitrogen and oxygen atoms in total. The molecule has 0 saturated carbocycles. The van der Waals surface area contributed by atoms with Gasteiger partial charge in [-0.05, 0) is 43.2 Å². The molecule has 29 heavy (non-hydrogen) atoms. The third-order valence-corrected chi connectivity index (χ3v) is 4.92. The van der Waals surface area contributed by atoms with Gasteiger partial charge < -0.3 is 10.1 Å². The first-order chi connectivity index (χ1) is 14.1. The van der Waals surface area contributed by atoms with Gasteiger partial charge in [0.2, 0.25) is 5.91 Å². The van der Waals surface area contributed by atoms with E-state index in [4.69, 9.17) is 4.74 Å². The van der Waals surface area contributed by atoms with E-state index in [1.165, 1.54) is 0 Å². The van der Waals surface area contributed by atoms with E-state index in [1.807, 2.05) is 79.5 Å². The Morgan fingerprint density at radius 2 is 1.93 bits per heavy atom. The molecule has 0 aliphatic heterocycles. The van der Waals surface area contributed by atoms with Crippen LogP contribution in [0.3, 0.4) is 0 Å². The summed E-state index contributed by atoms with van der Waals surface area (Å²) in [5.74, 6) is -0.0368. The highest BCUT2D eigenvalue weighted by atomic mass is 16.5. The first kappa shape index (κ1) is 20.8. The highest BCUT2D eigenvalue weighted by Gasteiger charge is 2.14. The zero-order valence-corrected chi connectivity index (χ0v) is 17.3. The zero-order valence-electron chi connectivity index (χ0n) is 17.3. The lowest BCUT2D eigenvalue weighted by Gasteiger charge is -2.21. The van der Waals surface area contributed by atoms with Crippen molar-refractivity contribution in [2.45, 2.75) is 20.4 Å². The molecule has 152 valence electrons. The lowest BCUT2D eigenvalue weighted by Crippen LogP contribution is -2.35. The number of hydrogen-bond acceptors (Lipinski definition) is 4. The van der Waals surface area contributed by atoms with E-state index in [2.05, 4.69) is 15.3 Å². The van der Waals surface area contributed by atoms with Gasteiger partial charge in [-0.25, -0.2) is 4.68 Å². The summed E-state index contributed by atoms with van der Waals surface area (Å²) in [4.78, 5) is 14.7. The highest BCUT2D eigenvalue weighted by Crippen LogP contribution is 2.18. The van der Waals surface area contributed by atoms with Crippen molar-refractivity contribution in [3.8, 4) is 5.69 Å². The number of aromatic nitrogens is 2. The van der Waals surface area contributed by atoms with Gasteiger partial charge in [-0.2, -0.15) is 5.10 Å². The molecule has 3 rings (SSSR count). The van der Waals surface area contributed by atoms with Crippen molar-refractivity contribution in [2.24, 2.45) is 0 Å². The number of hydrogen-bond donors (Lipinski definition) is 1. The van der Waals surface area contributed by atoms with Crippen LogP contribution in [0.25, 0.3) is 5.69 Å². The number of aryl methyl sites for hydroxylation is 1. The number of ether oxygens (including phenoxy) is 1. The van der Waals surface area contributed by atoms with Crippen LogP contribution in [0.5, 0.6) is 0 Å². The summed E-state index contributed by atoms with van der Waals surface area (Å²) >= 11 is 0. The van der Waals surface area contributed by atoms with Gasteiger partial charge in [-0.15, -0.1) is 0 Å². The molecule has 0 aliphatic carbocycles. The van der Waals surface area contributed by atoms with E-state index in [0.29, 0.717) is 19.7 Å². The van der Waals surface area contributed by atoms with E-state index in [0.717, 1.165) is 28.1 Å². The number of nitrogens with zero attached hydrogens (tertiary/aromatic N) is 3. The third-order valence-electron chi connectivity index (χ3n) is 4.92. The Balaban J connectivity index is 1.65. The number of methoxy groups -OCH3 is 1. The van der Waals surface area contributed by atoms with Crippen LogP contribution >= 0.6 is 0 Å². The topological polar surface area (TPSA) is 59.4 Å². The summed E-state index contributed by atoms with van der Waals surface area (Å²) < 4.78 is 7.07. The predicted octanol–water partition coefficient (Wildman–Crippen LogP) is 3.58. The van der Waals surface area contributed by atoms with E-state index in [-0.39, 0.29) is 12.5 Å². The molecule has 0 spiro atoms. The van der Waals surface area contributed by atoms with Gasteiger partial charge in [0.15, 0.2) is 0 Å². The molecule has 0 radical (unpaired) electrons. The van der Waals surface area contributed by atoms with Gasteiger partial charge in [0.05, 0.1) is 25.0 Å². The number of nitrogens with one attached hydrogen (secondary N) is 1. The quantitative estimate of drug-likeness (QED) is 0.605. The Labute approximate surface area is 172 Å². The first-order valence-corrected chi connectivity index (χ1v) is 9.73. The Morgan fingerprint density at radius 3 is 2.69 bits per heavy atom. The molecule has 0 saturated heterocycles. The maximum absolute atomic E-state index is 12.7. The SMILES string of the molecule is COCCN(CC(=O)Nc1cccc(C)c1C)Cc1cnn(-c2ccccc2)c1. The summed E-state index contributed by atoms with van der Waals surface area (Å²) in [5, 5.41) is 7.48. The molecule has 2 aromatic carbocycles. The summed E-state index contributed by atoms with van der Waals surface area (Å²) in [7, 11) is 1.67. The number of benzene rings is 2. The molecular formula is C23H28N4O2. The van der Waals surface area contributed by atoms with E-state index in [1.54, 1.807) is 7.11 Å². The molecule has 0 atom stereocenters. The zero-order chi connectivity index (χ0) is 20.6. The largest absolute Gasteiger partial charge is 0.383 e. The smallest absolute Gasteiger partial charge is 0.238 e. The van der Waals surface area contributed by atoms with Crippen molar-refractivity contribution in [1.82, 2.24) is 14.7 Å². The fourth-order valence-corrected chi connectivity index (χ4v) is 3.14. The second-order valence-corrected chi connectivity index (χ2v) is 7.13. The minimum absolute atomic E-state index is 0.0368. The summed E-state index contributed by atoms with van der Waals surface area (Å²) in [6, 6.07) is 15.9. The molecule has 1 aromatic heterocycles. The average molecular weight is 393 g/mol. The molecule has 1 heterocycles. The fourth-order valence-electron chi connectivity index (χ4n) is 3.14. The molecule has 1 N–H and O–H groups in total. The number of carbonyl (C=O) groups is 1. The maximum Gasteiger partial charge on any atom is 0.238 e. The van der Waals surface area contributed by atoms with E-state index < -0.39 is 0 Å². The summed E-state index contributed by atoms with van der Waals surface area (Å²) in [5.41, 5.74) is 5.17. The normalized spacial score (nSPS) is 11.0. The number of rotatable bonds is 9. The molecule has 6 heteroatoms. The van der Waals surface area contributed by atoms with Gasteiger partial charge in [-0.3, -0.25) is 9.69 Å². The van der Waals surface area contributed by atoms with Gasteiger partial charge in [-0.1, -0.05) is 30.3 Å². The molecule has 0 unspecified atom stereocenters. The van der Waals surface area contributed by atoms with Gasteiger partial charge in [0, 0.05) is 37.6 Å². The van der Waals surface area contributed by atoms with Crippen molar-refractivity contribution in [3.05, 3.63) is 77.6 Å². The van der Waals surface area contributed by atoms with E-state index >= 15 is 0 Å². The second-order valence-electron chi connectivity index (χ2n) is 7.13. The van der Waals surface area contributed by atoms with Crippen molar-refractivity contribution in [1.29, 1.82) is 0 Å². The lowest BCUT2D eigenvalue weighted by atomic mass is 10.1. The minimum Gasteiger partial charge on any atom is -0.383 e.